The molecule has 1 aliphatic rings. The maximum atomic E-state index is 6.54. The second kappa shape index (κ2) is 11.8. The fraction of sp³-hybridized carbons (Fsp3) is 0.0526. The minimum Gasteiger partial charge on any atom is -0.456 e. The van der Waals surface area contributed by atoms with Gasteiger partial charge in [0.1, 0.15) is 22.3 Å². The monoisotopic (exact) mass is 752 g/mol. The lowest BCUT2D eigenvalue weighted by atomic mass is 9.81. The number of para-hydroxylation sites is 1. The molecule has 0 atom stereocenters. The summed E-state index contributed by atoms with van der Waals surface area (Å²) in [6.07, 6.45) is 0. The largest absolute Gasteiger partial charge is 0.456 e. The summed E-state index contributed by atoms with van der Waals surface area (Å²) in [6.45, 7) is 4.75. The molecule has 12 aromatic rings. The quantitative estimate of drug-likeness (QED) is 0.168. The molecular weight excluding hydrogens is 717 g/mol. The highest BCUT2D eigenvalue weighted by Gasteiger charge is 2.36. The maximum Gasteiger partial charge on any atom is 0.136 e. The number of fused-ring (bicyclic) bond motifs is 13. The van der Waals surface area contributed by atoms with Gasteiger partial charge in [-0.3, -0.25) is 0 Å². The summed E-state index contributed by atoms with van der Waals surface area (Å²) in [5.41, 5.74) is 16.2. The molecule has 0 unspecified atom stereocenters. The predicted molar refractivity (Wildman–Crippen MR) is 247 cm³/mol. The van der Waals surface area contributed by atoms with Crippen molar-refractivity contribution in [2.75, 3.05) is 0 Å². The van der Waals surface area contributed by atoms with Gasteiger partial charge in [-0.1, -0.05) is 147 Å². The van der Waals surface area contributed by atoms with E-state index in [1.807, 2.05) is 12.1 Å². The van der Waals surface area contributed by atoms with Gasteiger partial charge in [-0.05, 0) is 136 Å². The zero-order valence-electron chi connectivity index (χ0n) is 32.6. The average Bonchev–Trinajstić information content (AvgIpc) is 3.91. The molecule has 2 aromatic heterocycles. The molecule has 0 aliphatic heterocycles. The lowest BCUT2D eigenvalue weighted by Crippen LogP contribution is -2.15. The van der Waals surface area contributed by atoms with Crippen LogP contribution in [0.5, 0.6) is 0 Å². The smallest absolute Gasteiger partial charge is 0.136 e. The van der Waals surface area contributed by atoms with Crippen LogP contribution >= 0.6 is 0 Å². The van der Waals surface area contributed by atoms with E-state index in [-0.39, 0.29) is 5.41 Å². The van der Waals surface area contributed by atoms with E-state index in [4.69, 9.17) is 8.83 Å². The van der Waals surface area contributed by atoms with Crippen LogP contribution in [0.3, 0.4) is 0 Å². The summed E-state index contributed by atoms with van der Waals surface area (Å²) in [6, 6.07) is 66.6. The van der Waals surface area contributed by atoms with Crippen LogP contribution in [-0.2, 0) is 5.41 Å². The summed E-state index contributed by atoms with van der Waals surface area (Å²) in [5, 5.41) is 11.9. The molecular formula is C57H36O2. The van der Waals surface area contributed by atoms with Crippen LogP contribution in [0.25, 0.3) is 121 Å². The van der Waals surface area contributed by atoms with Gasteiger partial charge < -0.3 is 8.83 Å². The van der Waals surface area contributed by atoms with Gasteiger partial charge in [0.05, 0.1) is 0 Å². The predicted octanol–water partition coefficient (Wildman–Crippen LogP) is 16.3. The Labute approximate surface area is 340 Å². The first-order valence-electron chi connectivity index (χ1n) is 20.5. The first-order valence-corrected chi connectivity index (χ1v) is 20.5. The molecule has 59 heavy (non-hydrogen) atoms. The fourth-order valence-corrected chi connectivity index (χ4v) is 10.4. The number of rotatable bonds is 3. The molecule has 276 valence electrons. The Morgan fingerprint density at radius 3 is 1.66 bits per heavy atom. The second-order valence-electron chi connectivity index (χ2n) is 16.8. The normalized spacial score (nSPS) is 13.4. The van der Waals surface area contributed by atoms with Crippen molar-refractivity contribution in [1.29, 1.82) is 0 Å². The summed E-state index contributed by atoms with van der Waals surface area (Å²) >= 11 is 0. The van der Waals surface area contributed by atoms with Crippen LogP contribution in [0.15, 0.2) is 191 Å². The van der Waals surface area contributed by atoms with E-state index in [1.54, 1.807) is 0 Å². The molecule has 10 aromatic carbocycles. The van der Waals surface area contributed by atoms with E-state index in [0.717, 1.165) is 49.3 Å². The second-order valence-corrected chi connectivity index (χ2v) is 16.8. The van der Waals surface area contributed by atoms with Gasteiger partial charge in [-0.2, -0.15) is 0 Å². The van der Waals surface area contributed by atoms with Crippen molar-refractivity contribution >= 4 is 76.2 Å². The highest BCUT2D eigenvalue weighted by Crippen LogP contribution is 2.52. The first kappa shape index (κ1) is 32.6. The number of hydrogen-bond acceptors (Lipinski definition) is 2. The van der Waals surface area contributed by atoms with E-state index in [1.165, 1.54) is 82.6 Å². The molecule has 0 fully saturated rings. The number of furan rings is 2. The van der Waals surface area contributed by atoms with Crippen LogP contribution in [0.1, 0.15) is 25.0 Å². The molecule has 0 saturated carbocycles. The maximum absolute atomic E-state index is 6.54. The third-order valence-electron chi connectivity index (χ3n) is 13.2. The molecule has 0 bridgehead atoms. The lowest BCUT2D eigenvalue weighted by molar-refractivity contribution is 0.660. The van der Waals surface area contributed by atoms with Gasteiger partial charge in [0.15, 0.2) is 0 Å². The van der Waals surface area contributed by atoms with Crippen molar-refractivity contribution in [2.45, 2.75) is 19.3 Å². The van der Waals surface area contributed by atoms with Gasteiger partial charge in [-0.25, -0.2) is 0 Å². The first-order chi connectivity index (χ1) is 29.0. The van der Waals surface area contributed by atoms with Crippen molar-refractivity contribution in [3.05, 3.63) is 193 Å². The van der Waals surface area contributed by atoms with E-state index in [9.17, 15) is 0 Å². The highest BCUT2D eigenvalue weighted by molar-refractivity contribution is 6.23. The van der Waals surface area contributed by atoms with Crippen molar-refractivity contribution in [2.24, 2.45) is 0 Å². The molecule has 0 radical (unpaired) electrons. The third-order valence-corrected chi connectivity index (χ3v) is 13.2. The Morgan fingerprint density at radius 2 is 0.898 bits per heavy atom. The molecule has 2 heterocycles. The average molecular weight is 753 g/mol. The minimum absolute atomic E-state index is 0.158. The van der Waals surface area contributed by atoms with Crippen molar-refractivity contribution in [3.63, 3.8) is 0 Å². The minimum atomic E-state index is -0.158. The fourth-order valence-electron chi connectivity index (χ4n) is 10.4. The molecule has 0 N–H and O–H groups in total. The molecule has 0 spiro atoms. The Hall–Kier alpha value is -7.42. The Kier molecular flexibility index (Phi) is 6.54. The van der Waals surface area contributed by atoms with Crippen LogP contribution < -0.4 is 0 Å². The van der Waals surface area contributed by atoms with Crippen molar-refractivity contribution < 1.29 is 8.83 Å². The van der Waals surface area contributed by atoms with Gasteiger partial charge in [0.25, 0.3) is 0 Å². The van der Waals surface area contributed by atoms with Gasteiger partial charge >= 0.3 is 0 Å². The van der Waals surface area contributed by atoms with E-state index in [0.29, 0.717) is 0 Å². The standard InChI is InChI=1S/C57H36O2/c1-57(2)48-25-21-37(55-41-16-8-6-14-39(41)54(33-12-4-3-5-13-33)40-15-7-9-17-42(40)55)30-45(48)38-24-20-35(31-49(38)57)34-22-26-51-46(28-34)47-29-36-23-27-52-56(44(36)32-53(47)59-51)43-18-10-11-19-50(43)58-52/h3-32H,1-2H3. The highest BCUT2D eigenvalue weighted by atomic mass is 16.3. The van der Waals surface area contributed by atoms with Gasteiger partial charge in [-0.15, -0.1) is 0 Å². The van der Waals surface area contributed by atoms with Gasteiger partial charge in [0, 0.05) is 27.0 Å². The topological polar surface area (TPSA) is 26.3 Å². The van der Waals surface area contributed by atoms with E-state index in [2.05, 4.69) is 184 Å². The Morgan fingerprint density at radius 1 is 0.322 bits per heavy atom. The summed E-state index contributed by atoms with van der Waals surface area (Å²) < 4.78 is 12.7. The molecule has 0 saturated heterocycles. The van der Waals surface area contributed by atoms with Crippen molar-refractivity contribution in [3.8, 4) is 44.5 Å². The molecule has 0 amide bonds. The lowest BCUT2D eigenvalue weighted by Gasteiger charge is -2.22. The summed E-state index contributed by atoms with van der Waals surface area (Å²) in [5.74, 6) is 0. The number of hydrogen-bond donors (Lipinski definition) is 0. The molecule has 13 rings (SSSR count). The SMILES string of the molecule is CC1(C)c2ccc(-c3c4ccccc4c(-c4ccccc4)c4ccccc34)cc2-c2ccc(-c3ccc4oc5cc6c(ccc7oc8ccccc8c76)cc5c4c3)cc21. The van der Waals surface area contributed by atoms with E-state index < -0.39 is 0 Å². The third kappa shape index (κ3) is 4.57. The molecule has 1 aliphatic carbocycles. The Balaban J connectivity index is 0.941. The van der Waals surface area contributed by atoms with Crippen LogP contribution in [0.2, 0.25) is 0 Å². The zero-order chi connectivity index (χ0) is 39.0. The van der Waals surface area contributed by atoms with Crippen LogP contribution in [0.4, 0.5) is 0 Å². The van der Waals surface area contributed by atoms with Crippen LogP contribution in [-0.4, -0.2) is 0 Å². The van der Waals surface area contributed by atoms with Crippen LogP contribution in [0, 0.1) is 0 Å². The molecule has 2 heteroatoms. The van der Waals surface area contributed by atoms with E-state index >= 15 is 0 Å². The zero-order valence-corrected chi connectivity index (χ0v) is 32.6. The van der Waals surface area contributed by atoms with Gasteiger partial charge in [0.2, 0.25) is 0 Å². The molecule has 2 nitrogen and oxygen atoms in total. The van der Waals surface area contributed by atoms with Crippen molar-refractivity contribution in [1.82, 2.24) is 0 Å². The summed E-state index contributed by atoms with van der Waals surface area (Å²) in [4.78, 5) is 0. The number of benzene rings is 10. The summed E-state index contributed by atoms with van der Waals surface area (Å²) in [7, 11) is 0. The Bertz CT molecular complexity index is 3690.